The van der Waals surface area contributed by atoms with Gasteiger partial charge in [-0.25, -0.2) is 4.79 Å². The Balaban J connectivity index is 2.23. The molecule has 1 amide bonds. The van der Waals surface area contributed by atoms with E-state index in [-0.39, 0.29) is 6.09 Å². The van der Waals surface area contributed by atoms with E-state index in [0.29, 0.717) is 12.0 Å². The lowest BCUT2D eigenvalue weighted by molar-refractivity contribution is 0.0276. The van der Waals surface area contributed by atoms with E-state index in [0.717, 1.165) is 19.0 Å². The number of carbonyl (C=O) groups is 1. The van der Waals surface area contributed by atoms with Crippen molar-refractivity contribution in [3.63, 3.8) is 0 Å². The molecule has 4 heteroatoms. The summed E-state index contributed by atoms with van der Waals surface area (Å²) in [5.41, 5.74) is -0.424. The van der Waals surface area contributed by atoms with Gasteiger partial charge in [0.1, 0.15) is 5.60 Å². The van der Waals surface area contributed by atoms with Crippen molar-refractivity contribution in [1.82, 2.24) is 10.2 Å². The van der Waals surface area contributed by atoms with Gasteiger partial charge in [0, 0.05) is 19.6 Å². The molecule has 4 nitrogen and oxygen atoms in total. The number of nitrogens with zero attached hydrogens (tertiary/aromatic N) is 1. The largest absolute Gasteiger partial charge is 0.444 e. The van der Waals surface area contributed by atoms with Crippen LogP contribution in [0.1, 0.15) is 53.9 Å². The SMILES string of the molecule is CC1CCC(NCC(C)CN(C)C(=O)OC(C)(C)C)C1. The summed E-state index contributed by atoms with van der Waals surface area (Å²) in [7, 11) is 1.81. The summed E-state index contributed by atoms with van der Waals surface area (Å²) in [6.07, 6.45) is 3.67. The lowest BCUT2D eigenvalue weighted by Gasteiger charge is -2.27. The predicted octanol–water partition coefficient (Wildman–Crippen LogP) is 3.27. The van der Waals surface area contributed by atoms with Crippen LogP contribution in [0.4, 0.5) is 4.79 Å². The molecule has 1 aliphatic rings. The molecule has 0 bridgehead atoms. The number of amides is 1. The van der Waals surface area contributed by atoms with Crippen molar-refractivity contribution >= 4 is 6.09 Å². The van der Waals surface area contributed by atoms with Crippen LogP contribution in [0.5, 0.6) is 0 Å². The van der Waals surface area contributed by atoms with E-state index in [1.165, 1.54) is 19.3 Å². The Morgan fingerprint density at radius 2 is 2.05 bits per heavy atom. The molecule has 1 fully saturated rings. The molecule has 0 heterocycles. The minimum absolute atomic E-state index is 0.237. The van der Waals surface area contributed by atoms with Gasteiger partial charge in [-0.1, -0.05) is 13.8 Å². The Morgan fingerprint density at radius 1 is 1.40 bits per heavy atom. The third kappa shape index (κ3) is 6.60. The molecule has 0 spiro atoms. The van der Waals surface area contributed by atoms with E-state index >= 15 is 0 Å². The maximum absolute atomic E-state index is 11.9. The number of carbonyl (C=O) groups excluding carboxylic acids is 1. The Labute approximate surface area is 124 Å². The van der Waals surface area contributed by atoms with Gasteiger partial charge in [0.05, 0.1) is 0 Å². The Hall–Kier alpha value is -0.770. The predicted molar refractivity (Wildman–Crippen MR) is 82.8 cm³/mol. The van der Waals surface area contributed by atoms with E-state index in [4.69, 9.17) is 4.74 Å². The number of rotatable bonds is 5. The van der Waals surface area contributed by atoms with Crippen LogP contribution in [-0.4, -0.2) is 42.8 Å². The zero-order chi connectivity index (χ0) is 15.3. The minimum atomic E-state index is -0.424. The lowest BCUT2D eigenvalue weighted by Crippen LogP contribution is -2.39. The molecule has 3 atom stereocenters. The Kier molecular flexibility index (Phi) is 6.31. The van der Waals surface area contributed by atoms with E-state index in [2.05, 4.69) is 19.2 Å². The van der Waals surface area contributed by atoms with Crippen LogP contribution in [0, 0.1) is 11.8 Å². The minimum Gasteiger partial charge on any atom is -0.444 e. The van der Waals surface area contributed by atoms with Gasteiger partial charge in [-0.3, -0.25) is 0 Å². The van der Waals surface area contributed by atoms with Gasteiger partial charge in [0.15, 0.2) is 0 Å². The van der Waals surface area contributed by atoms with Gasteiger partial charge in [-0.05, 0) is 58.4 Å². The number of ether oxygens (including phenoxy) is 1. The first kappa shape index (κ1) is 17.3. The molecule has 0 aromatic heterocycles. The summed E-state index contributed by atoms with van der Waals surface area (Å²) in [4.78, 5) is 13.6. The molecule has 20 heavy (non-hydrogen) atoms. The van der Waals surface area contributed by atoms with Crippen molar-refractivity contribution in [2.75, 3.05) is 20.1 Å². The normalized spacial score (nSPS) is 24.5. The van der Waals surface area contributed by atoms with E-state index in [1.54, 1.807) is 4.90 Å². The Morgan fingerprint density at radius 3 is 2.55 bits per heavy atom. The summed E-state index contributed by atoms with van der Waals surface area (Å²) in [5, 5.41) is 3.63. The monoisotopic (exact) mass is 284 g/mol. The van der Waals surface area contributed by atoms with Crippen LogP contribution in [0.15, 0.2) is 0 Å². The summed E-state index contributed by atoms with van der Waals surface area (Å²) >= 11 is 0. The van der Waals surface area contributed by atoms with Crippen LogP contribution in [0.3, 0.4) is 0 Å². The van der Waals surface area contributed by atoms with Crippen LogP contribution in [0.2, 0.25) is 0 Å². The highest BCUT2D eigenvalue weighted by Crippen LogP contribution is 2.24. The lowest BCUT2D eigenvalue weighted by atomic mass is 10.1. The highest BCUT2D eigenvalue weighted by Gasteiger charge is 2.23. The van der Waals surface area contributed by atoms with Crippen molar-refractivity contribution in [2.24, 2.45) is 11.8 Å². The van der Waals surface area contributed by atoms with E-state index < -0.39 is 5.60 Å². The summed E-state index contributed by atoms with van der Waals surface area (Å²) in [5.74, 6) is 1.29. The molecule has 1 N–H and O–H groups in total. The van der Waals surface area contributed by atoms with Crippen molar-refractivity contribution in [3.05, 3.63) is 0 Å². The topological polar surface area (TPSA) is 41.6 Å². The van der Waals surface area contributed by atoms with Crippen LogP contribution >= 0.6 is 0 Å². The van der Waals surface area contributed by atoms with Gasteiger partial charge in [0.2, 0.25) is 0 Å². The highest BCUT2D eigenvalue weighted by molar-refractivity contribution is 5.67. The second-order valence-electron chi connectivity index (χ2n) is 7.49. The molecular weight excluding hydrogens is 252 g/mol. The van der Waals surface area contributed by atoms with Gasteiger partial charge in [-0.2, -0.15) is 0 Å². The van der Waals surface area contributed by atoms with Crippen LogP contribution in [0.25, 0.3) is 0 Å². The van der Waals surface area contributed by atoms with E-state index in [1.807, 2.05) is 27.8 Å². The average Bonchev–Trinajstić information content (AvgIpc) is 2.70. The molecule has 0 saturated heterocycles. The molecule has 118 valence electrons. The number of nitrogens with one attached hydrogen (secondary N) is 1. The summed E-state index contributed by atoms with van der Waals surface area (Å²) in [6, 6.07) is 0.666. The second-order valence-corrected chi connectivity index (χ2v) is 7.49. The molecule has 1 saturated carbocycles. The standard InChI is InChI=1S/C16H32N2O2/c1-12-7-8-14(9-12)17-10-13(2)11-18(6)15(19)20-16(3,4)5/h12-14,17H,7-11H2,1-6H3. The number of hydrogen-bond donors (Lipinski definition) is 1. The van der Waals surface area contributed by atoms with Crippen molar-refractivity contribution < 1.29 is 9.53 Å². The zero-order valence-electron chi connectivity index (χ0n) is 14.0. The Bertz CT molecular complexity index is 312. The molecular formula is C16H32N2O2. The highest BCUT2D eigenvalue weighted by atomic mass is 16.6. The smallest absolute Gasteiger partial charge is 0.410 e. The molecule has 0 radical (unpaired) electrons. The van der Waals surface area contributed by atoms with E-state index in [9.17, 15) is 4.79 Å². The fraction of sp³-hybridized carbons (Fsp3) is 0.938. The fourth-order valence-electron chi connectivity index (χ4n) is 2.71. The van der Waals surface area contributed by atoms with Gasteiger partial charge in [0.25, 0.3) is 0 Å². The molecule has 0 aliphatic heterocycles. The first-order valence-corrected chi connectivity index (χ1v) is 7.85. The maximum Gasteiger partial charge on any atom is 0.410 e. The van der Waals surface area contributed by atoms with Gasteiger partial charge in [-0.15, -0.1) is 0 Å². The molecule has 0 aromatic carbocycles. The fourth-order valence-corrected chi connectivity index (χ4v) is 2.71. The van der Waals surface area contributed by atoms with Gasteiger partial charge < -0.3 is 15.0 Å². The number of hydrogen-bond acceptors (Lipinski definition) is 3. The molecule has 1 aliphatic carbocycles. The molecule has 3 unspecified atom stereocenters. The first-order valence-electron chi connectivity index (χ1n) is 7.85. The van der Waals surface area contributed by atoms with Gasteiger partial charge >= 0.3 is 6.09 Å². The van der Waals surface area contributed by atoms with Crippen molar-refractivity contribution in [3.8, 4) is 0 Å². The summed E-state index contributed by atoms with van der Waals surface area (Å²) < 4.78 is 5.36. The average molecular weight is 284 g/mol. The van der Waals surface area contributed by atoms with Crippen molar-refractivity contribution in [2.45, 2.75) is 65.5 Å². The van der Waals surface area contributed by atoms with Crippen molar-refractivity contribution in [1.29, 1.82) is 0 Å². The first-order chi connectivity index (χ1) is 9.17. The third-order valence-electron chi connectivity index (χ3n) is 3.74. The molecule has 0 aromatic rings. The summed E-state index contributed by atoms with van der Waals surface area (Å²) in [6.45, 7) is 11.9. The second kappa shape index (κ2) is 7.30. The van der Waals surface area contributed by atoms with Crippen LogP contribution in [-0.2, 0) is 4.74 Å². The van der Waals surface area contributed by atoms with Crippen LogP contribution < -0.4 is 5.32 Å². The maximum atomic E-state index is 11.9. The quantitative estimate of drug-likeness (QED) is 0.842. The molecule has 1 rings (SSSR count). The third-order valence-corrected chi connectivity index (χ3v) is 3.74. The zero-order valence-corrected chi connectivity index (χ0v) is 14.0.